The summed E-state index contributed by atoms with van der Waals surface area (Å²) in [4.78, 5) is 26.1. The van der Waals surface area contributed by atoms with Crippen LogP contribution < -0.4 is 5.32 Å². The van der Waals surface area contributed by atoms with E-state index in [9.17, 15) is 9.59 Å². The second kappa shape index (κ2) is 6.70. The van der Waals surface area contributed by atoms with Crippen LogP contribution in [0.25, 0.3) is 0 Å². The number of hydrogen-bond acceptors (Lipinski definition) is 3. The Morgan fingerprint density at radius 3 is 2.53 bits per heavy atom. The molecular weight excluding hydrogens is 260 g/mol. The summed E-state index contributed by atoms with van der Waals surface area (Å²) in [6, 6.07) is 3.88. The third kappa shape index (κ3) is 5.42. The summed E-state index contributed by atoms with van der Waals surface area (Å²) < 4.78 is 0. The largest absolute Gasteiger partial charge is 0.354 e. The lowest BCUT2D eigenvalue weighted by Gasteiger charge is -2.35. The lowest BCUT2D eigenvalue weighted by Crippen LogP contribution is -2.48. The van der Waals surface area contributed by atoms with Crippen LogP contribution in [0.15, 0.2) is 17.5 Å². The smallest absolute Gasteiger partial charge is 0.225 e. The molecule has 1 heterocycles. The molecule has 0 aliphatic rings. The van der Waals surface area contributed by atoms with E-state index in [1.807, 2.05) is 38.3 Å². The van der Waals surface area contributed by atoms with Crippen molar-refractivity contribution in [2.45, 2.75) is 39.7 Å². The third-order valence-electron chi connectivity index (χ3n) is 2.76. The Labute approximate surface area is 118 Å². The van der Waals surface area contributed by atoms with E-state index in [0.717, 1.165) is 4.88 Å². The Kier molecular flexibility index (Phi) is 5.54. The van der Waals surface area contributed by atoms with Gasteiger partial charge in [-0.15, -0.1) is 11.3 Å². The zero-order chi connectivity index (χ0) is 14.5. The topological polar surface area (TPSA) is 49.4 Å². The average Bonchev–Trinajstić information content (AvgIpc) is 2.74. The fraction of sp³-hybridized carbons (Fsp3) is 0.571. The van der Waals surface area contributed by atoms with Crippen LogP contribution in [-0.4, -0.2) is 35.3 Å². The highest BCUT2D eigenvalue weighted by Crippen LogP contribution is 2.12. The minimum atomic E-state index is -0.218. The predicted octanol–water partition coefficient (Wildman–Crippen LogP) is 2.05. The molecule has 0 aromatic carbocycles. The second-order valence-electron chi connectivity index (χ2n) is 5.45. The third-order valence-corrected chi connectivity index (χ3v) is 3.64. The number of nitrogens with zero attached hydrogens (tertiary/aromatic N) is 1. The van der Waals surface area contributed by atoms with Crippen molar-refractivity contribution in [2.75, 3.05) is 13.1 Å². The van der Waals surface area contributed by atoms with Crippen LogP contribution in [-0.2, 0) is 16.0 Å². The Balaban J connectivity index is 2.36. The molecule has 0 radical (unpaired) electrons. The number of thiophene rings is 1. The maximum atomic E-state index is 11.7. The fourth-order valence-corrected chi connectivity index (χ4v) is 2.61. The van der Waals surface area contributed by atoms with Crippen molar-refractivity contribution in [2.24, 2.45) is 0 Å². The monoisotopic (exact) mass is 282 g/mol. The summed E-state index contributed by atoms with van der Waals surface area (Å²) in [5.74, 6) is 0.0277. The van der Waals surface area contributed by atoms with Gasteiger partial charge in [-0.3, -0.25) is 9.59 Å². The number of carbonyl (C=O) groups is 2. The quantitative estimate of drug-likeness (QED) is 0.898. The highest BCUT2D eigenvalue weighted by Gasteiger charge is 2.23. The van der Waals surface area contributed by atoms with E-state index in [4.69, 9.17) is 0 Å². The Bertz CT molecular complexity index is 421. The Morgan fingerprint density at radius 2 is 2.05 bits per heavy atom. The molecule has 19 heavy (non-hydrogen) atoms. The van der Waals surface area contributed by atoms with Crippen LogP contribution in [0.2, 0.25) is 0 Å². The van der Waals surface area contributed by atoms with Crippen LogP contribution in [0.4, 0.5) is 0 Å². The molecule has 0 spiro atoms. The van der Waals surface area contributed by atoms with Gasteiger partial charge in [0, 0.05) is 30.4 Å². The summed E-state index contributed by atoms with van der Waals surface area (Å²) in [6.45, 7) is 8.54. The van der Waals surface area contributed by atoms with Crippen molar-refractivity contribution in [3.05, 3.63) is 22.4 Å². The van der Waals surface area contributed by atoms with Gasteiger partial charge >= 0.3 is 0 Å². The standard InChI is InChI=1S/C14H22N2O2S/c1-11(17)16(14(2,3)4)8-7-15-13(18)10-12-6-5-9-19-12/h5-6,9H,7-8,10H2,1-4H3,(H,15,18). The van der Waals surface area contributed by atoms with Crippen LogP contribution >= 0.6 is 11.3 Å². The van der Waals surface area contributed by atoms with Crippen LogP contribution in [0, 0.1) is 0 Å². The molecule has 0 aliphatic carbocycles. The van der Waals surface area contributed by atoms with Crippen molar-refractivity contribution in [1.82, 2.24) is 10.2 Å². The van der Waals surface area contributed by atoms with Gasteiger partial charge in [-0.2, -0.15) is 0 Å². The molecule has 2 amide bonds. The molecule has 1 aromatic heterocycles. The van der Waals surface area contributed by atoms with Gasteiger partial charge in [0.1, 0.15) is 0 Å². The predicted molar refractivity (Wildman–Crippen MR) is 78.2 cm³/mol. The number of nitrogens with one attached hydrogen (secondary N) is 1. The van der Waals surface area contributed by atoms with Gasteiger partial charge in [0.05, 0.1) is 6.42 Å². The highest BCUT2D eigenvalue weighted by molar-refractivity contribution is 7.10. The molecule has 0 aliphatic heterocycles. The SMILES string of the molecule is CC(=O)N(CCNC(=O)Cc1cccs1)C(C)(C)C. The molecule has 1 N–H and O–H groups in total. The minimum absolute atomic E-state index is 0.000128. The van der Waals surface area contributed by atoms with Gasteiger partial charge < -0.3 is 10.2 Å². The van der Waals surface area contributed by atoms with E-state index in [-0.39, 0.29) is 17.4 Å². The summed E-state index contributed by atoms with van der Waals surface area (Å²) in [5, 5.41) is 4.81. The average molecular weight is 282 g/mol. The summed E-state index contributed by atoms with van der Waals surface area (Å²) >= 11 is 1.57. The lowest BCUT2D eigenvalue weighted by molar-refractivity contribution is -0.134. The van der Waals surface area contributed by atoms with E-state index in [0.29, 0.717) is 19.5 Å². The first-order valence-corrected chi connectivity index (χ1v) is 7.26. The van der Waals surface area contributed by atoms with Crippen LogP contribution in [0.5, 0.6) is 0 Å². The van der Waals surface area contributed by atoms with Gasteiger partial charge in [-0.05, 0) is 32.2 Å². The van der Waals surface area contributed by atoms with Gasteiger partial charge in [-0.1, -0.05) is 6.07 Å². The molecule has 1 rings (SSSR count). The van der Waals surface area contributed by atoms with E-state index in [1.165, 1.54) is 0 Å². The highest BCUT2D eigenvalue weighted by atomic mass is 32.1. The second-order valence-corrected chi connectivity index (χ2v) is 6.48. The maximum Gasteiger partial charge on any atom is 0.225 e. The molecule has 0 atom stereocenters. The molecule has 5 heteroatoms. The van der Waals surface area contributed by atoms with Crippen LogP contribution in [0.3, 0.4) is 0 Å². The number of rotatable bonds is 5. The van der Waals surface area contributed by atoms with E-state index in [1.54, 1.807) is 23.2 Å². The first kappa shape index (κ1) is 15.7. The summed E-state index contributed by atoms with van der Waals surface area (Å²) in [6.07, 6.45) is 0.410. The summed E-state index contributed by atoms with van der Waals surface area (Å²) in [7, 11) is 0. The number of amides is 2. The molecule has 0 bridgehead atoms. The molecule has 4 nitrogen and oxygen atoms in total. The molecular formula is C14H22N2O2S. The van der Waals surface area contributed by atoms with E-state index < -0.39 is 0 Å². The molecule has 0 saturated heterocycles. The van der Waals surface area contributed by atoms with E-state index >= 15 is 0 Å². The zero-order valence-electron chi connectivity index (χ0n) is 12.0. The zero-order valence-corrected chi connectivity index (χ0v) is 12.8. The summed E-state index contributed by atoms with van der Waals surface area (Å²) in [5.41, 5.74) is -0.218. The van der Waals surface area contributed by atoms with Crippen LogP contribution in [0.1, 0.15) is 32.6 Å². The van der Waals surface area contributed by atoms with Crippen molar-refractivity contribution in [3.8, 4) is 0 Å². The van der Waals surface area contributed by atoms with Gasteiger partial charge in [0.15, 0.2) is 0 Å². The van der Waals surface area contributed by atoms with Gasteiger partial charge in [0.25, 0.3) is 0 Å². The molecule has 0 saturated carbocycles. The first-order chi connectivity index (χ1) is 8.80. The lowest BCUT2D eigenvalue weighted by atomic mass is 10.1. The molecule has 106 valence electrons. The van der Waals surface area contributed by atoms with E-state index in [2.05, 4.69) is 5.32 Å². The molecule has 0 unspecified atom stereocenters. The van der Waals surface area contributed by atoms with Gasteiger partial charge in [-0.25, -0.2) is 0 Å². The van der Waals surface area contributed by atoms with Crippen molar-refractivity contribution in [3.63, 3.8) is 0 Å². The number of carbonyl (C=O) groups excluding carboxylic acids is 2. The number of hydrogen-bond donors (Lipinski definition) is 1. The Morgan fingerprint density at radius 1 is 1.37 bits per heavy atom. The van der Waals surface area contributed by atoms with Crippen molar-refractivity contribution >= 4 is 23.2 Å². The first-order valence-electron chi connectivity index (χ1n) is 6.38. The van der Waals surface area contributed by atoms with Gasteiger partial charge in [0.2, 0.25) is 11.8 Å². The normalized spacial score (nSPS) is 11.2. The van der Waals surface area contributed by atoms with Crippen molar-refractivity contribution in [1.29, 1.82) is 0 Å². The molecule has 0 fully saturated rings. The Hall–Kier alpha value is -1.36. The fourth-order valence-electron chi connectivity index (χ4n) is 1.91. The maximum absolute atomic E-state index is 11.7. The molecule has 1 aromatic rings. The minimum Gasteiger partial charge on any atom is -0.354 e. The van der Waals surface area contributed by atoms with Crippen molar-refractivity contribution < 1.29 is 9.59 Å².